The van der Waals surface area contributed by atoms with E-state index in [2.05, 4.69) is 5.32 Å². The van der Waals surface area contributed by atoms with Crippen LogP contribution in [0, 0.1) is 11.8 Å². The standard InChI is InChI=1S/C17H20ClNO3/c1-10-6-14(15(17(21)22)7-11(10)2)16(20)19-9-12-4-3-5-13(18)8-12/h3-5,8,14-15H,6-7,9H2,1-2H3,(H,19,20)(H,21,22)/p-1/t14-,15+/m1/s1. The highest BCUT2D eigenvalue weighted by Crippen LogP contribution is 2.34. The molecule has 0 saturated carbocycles. The number of halogens is 1. The summed E-state index contributed by atoms with van der Waals surface area (Å²) in [5.74, 6) is -2.74. The van der Waals surface area contributed by atoms with Crippen molar-refractivity contribution in [3.8, 4) is 0 Å². The van der Waals surface area contributed by atoms with Crippen LogP contribution in [-0.4, -0.2) is 11.9 Å². The summed E-state index contributed by atoms with van der Waals surface area (Å²) in [6.07, 6.45) is 0.843. The van der Waals surface area contributed by atoms with E-state index >= 15 is 0 Å². The van der Waals surface area contributed by atoms with Gasteiger partial charge in [-0.2, -0.15) is 0 Å². The van der Waals surface area contributed by atoms with Crippen molar-refractivity contribution in [2.45, 2.75) is 33.2 Å². The van der Waals surface area contributed by atoms with E-state index in [0.717, 1.165) is 16.7 Å². The van der Waals surface area contributed by atoms with Gasteiger partial charge in [0.15, 0.2) is 0 Å². The van der Waals surface area contributed by atoms with Gasteiger partial charge in [-0.05, 0) is 44.4 Å². The van der Waals surface area contributed by atoms with Crippen molar-refractivity contribution in [2.24, 2.45) is 11.8 Å². The van der Waals surface area contributed by atoms with Crippen LogP contribution in [0.2, 0.25) is 5.02 Å². The highest BCUT2D eigenvalue weighted by molar-refractivity contribution is 6.30. The number of carbonyl (C=O) groups is 2. The van der Waals surface area contributed by atoms with Crippen molar-refractivity contribution in [1.82, 2.24) is 5.32 Å². The predicted octanol–water partition coefficient (Wildman–Crippen LogP) is 2.07. The Labute approximate surface area is 135 Å². The van der Waals surface area contributed by atoms with Crippen molar-refractivity contribution in [2.75, 3.05) is 0 Å². The first-order valence-electron chi connectivity index (χ1n) is 7.26. The Morgan fingerprint density at radius 1 is 1.23 bits per heavy atom. The molecule has 0 fully saturated rings. The Hall–Kier alpha value is -1.81. The number of aliphatic carboxylic acids is 1. The molecule has 22 heavy (non-hydrogen) atoms. The molecule has 1 aromatic carbocycles. The molecule has 0 aliphatic heterocycles. The summed E-state index contributed by atoms with van der Waals surface area (Å²) in [5, 5.41) is 14.7. The Morgan fingerprint density at radius 2 is 1.86 bits per heavy atom. The molecule has 2 atom stereocenters. The molecule has 0 heterocycles. The quantitative estimate of drug-likeness (QED) is 0.863. The molecule has 0 unspecified atom stereocenters. The largest absolute Gasteiger partial charge is 0.550 e. The number of nitrogens with one attached hydrogen (secondary N) is 1. The number of benzene rings is 1. The fourth-order valence-corrected chi connectivity index (χ4v) is 3.00. The van der Waals surface area contributed by atoms with Gasteiger partial charge in [-0.1, -0.05) is 34.9 Å². The van der Waals surface area contributed by atoms with Gasteiger partial charge in [-0.15, -0.1) is 0 Å². The molecule has 4 nitrogen and oxygen atoms in total. The summed E-state index contributed by atoms with van der Waals surface area (Å²) in [6.45, 7) is 4.18. The molecule has 1 amide bonds. The van der Waals surface area contributed by atoms with Crippen molar-refractivity contribution >= 4 is 23.5 Å². The van der Waals surface area contributed by atoms with E-state index in [9.17, 15) is 14.7 Å². The van der Waals surface area contributed by atoms with E-state index in [1.807, 2.05) is 26.0 Å². The second-order valence-corrected chi connectivity index (χ2v) is 6.29. The lowest BCUT2D eigenvalue weighted by Crippen LogP contribution is -2.44. The summed E-state index contributed by atoms with van der Waals surface area (Å²) < 4.78 is 0. The fourth-order valence-electron chi connectivity index (χ4n) is 2.78. The molecule has 118 valence electrons. The van der Waals surface area contributed by atoms with Crippen LogP contribution in [-0.2, 0) is 16.1 Å². The molecule has 0 spiro atoms. The number of rotatable bonds is 4. The van der Waals surface area contributed by atoms with Gasteiger partial charge in [0.2, 0.25) is 5.91 Å². The predicted molar refractivity (Wildman–Crippen MR) is 82.9 cm³/mol. The molecule has 1 aliphatic rings. The maximum Gasteiger partial charge on any atom is 0.224 e. The fraction of sp³-hybridized carbons (Fsp3) is 0.412. The number of carbonyl (C=O) groups excluding carboxylic acids is 2. The number of amides is 1. The van der Waals surface area contributed by atoms with Gasteiger partial charge in [-0.25, -0.2) is 0 Å². The highest BCUT2D eigenvalue weighted by Gasteiger charge is 2.33. The zero-order valence-electron chi connectivity index (χ0n) is 12.7. The van der Waals surface area contributed by atoms with Crippen molar-refractivity contribution in [1.29, 1.82) is 0 Å². The van der Waals surface area contributed by atoms with E-state index in [1.165, 1.54) is 0 Å². The lowest BCUT2D eigenvalue weighted by Gasteiger charge is -2.32. The summed E-state index contributed by atoms with van der Waals surface area (Å²) in [4.78, 5) is 23.7. The van der Waals surface area contributed by atoms with E-state index in [4.69, 9.17) is 11.6 Å². The molecule has 5 heteroatoms. The second-order valence-electron chi connectivity index (χ2n) is 5.85. The molecular formula is C17H19ClNO3-. The van der Waals surface area contributed by atoms with Gasteiger partial charge in [-0.3, -0.25) is 4.79 Å². The Kier molecular flexibility index (Phi) is 5.24. The number of allylic oxidation sites excluding steroid dienone is 2. The zero-order valence-corrected chi connectivity index (χ0v) is 13.4. The molecule has 0 bridgehead atoms. The Bertz CT molecular complexity index is 624. The summed E-state index contributed by atoms with van der Waals surface area (Å²) in [7, 11) is 0. The van der Waals surface area contributed by atoms with Crippen LogP contribution in [0.25, 0.3) is 0 Å². The van der Waals surface area contributed by atoms with Gasteiger partial charge in [0, 0.05) is 29.4 Å². The second kappa shape index (κ2) is 6.97. The van der Waals surface area contributed by atoms with Crippen LogP contribution < -0.4 is 10.4 Å². The lowest BCUT2D eigenvalue weighted by molar-refractivity contribution is -0.313. The highest BCUT2D eigenvalue weighted by atomic mass is 35.5. The molecule has 0 aromatic heterocycles. The third kappa shape index (κ3) is 3.89. The first-order valence-corrected chi connectivity index (χ1v) is 7.64. The minimum absolute atomic E-state index is 0.249. The van der Waals surface area contributed by atoms with Crippen LogP contribution >= 0.6 is 11.6 Å². The normalized spacial score (nSPS) is 21.6. The monoisotopic (exact) mass is 320 g/mol. The number of hydrogen-bond donors (Lipinski definition) is 1. The Balaban J connectivity index is 2.05. The van der Waals surface area contributed by atoms with Gasteiger partial charge in [0.1, 0.15) is 0 Å². The number of hydrogen-bond acceptors (Lipinski definition) is 3. The van der Waals surface area contributed by atoms with Crippen molar-refractivity contribution in [3.05, 3.63) is 46.0 Å². The average Bonchev–Trinajstić information content (AvgIpc) is 2.47. The summed E-state index contributed by atoms with van der Waals surface area (Å²) in [6, 6.07) is 7.20. The average molecular weight is 321 g/mol. The van der Waals surface area contributed by atoms with Gasteiger partial charge in [0.25, 0.3) is 0 Å². The molecule has 1 aromatic rings. The zero-order chi connectivity index (χ0) is 16.3. The van der Waals surface area contributed by atoms with Crippen LogP contribution in [0.5, 0.6) is 0 Å². The summed E-state index contributed by atoms with van der Waals surface area (Å²) >= 11 is 5.90. The van der Waals surface area contributed by atoms with E-state index in [1.54, 1.807) is 12.1 Å². The third-order valence-corrected chi connectivity index (χ3v) is 4.50. The SMILES string of the molecule is CC1=C(C)C[C@@H](C(=O)NCc2cccc(Cl)c2)[C@@H](C(=O)[O-])C1. The van der Waals surface area contributed by atoms with Crippen LogP contribution in [0.4, 0.5) is 0 Å². The molecule has 0 saturated heterocycles. The van der Waals surface area contributed by atoms with Crippen molar-refractivity contribution < 1.29 is 14.7 Å². The molecular weight excluding hydrogens is 302 g/mol. The van der Waals surface area contributed by atoms with Gasteiger partial charge >= 0.3 is 0 Å². The number of carboxylic acid groups (broad SMARTS) is 1. The summed E-state index contributed by atoms with van der Waals surface area (Å²) in [5.41, 5.74) is 3.00. The Morgan fingerprint density at radius 3 is 2.45 bits per heavy atom. The topological polar surface area (TPSA) is 69.2 Å². The smallest absolute Gasteiger partial charge is 0.224 e. The van der Waals surface area contributed by atoms with E-state index in [-0.39, 0.29) is 5.91 Å². The van der Waals surface area contributed by atoms with Crippen LogP contribution in [0.3, 0.4) is 0 Å². The van der Waals surface area contributed by atoms with Crippen LogP contribution in [0.1, 0.15) is 32.3 Å². The molecule has 1 aliphatic carbocycles. The molecule has 2 rings (SSSR count). The van der Waals surface area contributed by atoms with Crippen LogP contribution in [0.15, 0.2) is 35.4 Å². The minimum atomic E-state index is -1.16. The number of carboxylic acids is 1. The first kappa shape index (κ1) is 16.6. The third-order valence-electron chi connectivity index (χ3n) is 4.26. The first-order chi connectivity index (χ1) is 10.4. The maximum atomic E-state index is 12.4. The minimum Gasteiger partial charge on any atom is -0.550 e. The van der Waals surface area contributed by atoms with Gasteiger partial charge < -0.3 is 15.2 Å². The maximum absolute atomic E-state index is 12.4. The molecule has 1 N–H and O–H groups in total. The van der Waals surface area contributed by atoms with Gasteiger partial charge in [0.05, 0.1) is 0 Å². The lowest BCUT2D eigenvalue weighted by atomic mass is 9.76. The van der Waals surface area contributed by atoms with Crippen molar-refractivity contribution in [3.63, 3.8) is 0 Å². The van der Waals surface area contributed by atoms with E-state index in [0.29, 0.717) is 24.4 Å². The van der Waals surface area contributed by atoms with E-state index < -0.39 is 17.8 Å². The molecule has 0 radical (unpaired) electrons.